The van der Waals surface area contributed by atoms with Crippen LogP contribution in [-0.2, 0) is 6.42 Å². The number of rotatable bonds is 9. The lowest BCUT2D eigenvalue weighted by atomic mass is 10.1. The molecule has 1 atom stereocenters. The van der Waals surface area contributed by atoms with Crippen molar-refractivity contribution in [3.63, 3.8) is 0 Å². The highest BCUT2D eigenvalue weighted by Gasteiger charge is 2.10. The van der Waals surface area contributed by atoms with Gasteiger partial charge in [-0.05, 0) is 36.2 Å². The van der Waals surface area contributed by atoms with Crippen LogP contribution in [0.5, 0.6) is 5.75 Å². The summed E-state index contributed by atoms with van der Waals surface area (Å²) in [5.74, 6) is 1.26. The number of anilines is 2. The molecule has 1 heterocycles. The van der Waals surface area contributed by atoms with Crippen molar-refractivity contribution in [1.29, 1.82) is 0 Å². The van der Waals surface area contributed by atoms with Crippen LogP contribution in [0.4, 0.5) is 10.8 Å². The number of aliphatic hydroxyl groups is 1. The predicted molar refractivity (Wildman–Crippen MR) is 108 cm³/mol. The van der Waals surface area contributed by atoms with Gasteiger partial charge in [-0.15, -0.1) is 10.2 Å². The fourth-order valence-corrected chi connectivity index (χ4v) is 3.89. The minimum absolute atomic E-state index is 0.255. The highest BCUT2D eigenvalue weighted by Crippen LogP contribution is 2.28. The van der Waals surface area contributed by atoms with E-state index in [1.54, 1.807) is 0 Å². The molecule has 7 heteroatoms. The van der Waals surface area contributed by atoms with Crippen molar-refractivity contribution in [1.82, 2.24) is 10.2 Å². The van der Waals surface area contributed by atoms with Crippen LogP contribution in [0, 0.1) is 0 Å². The van der Waals surface area contributed by atoms with E-state index < -0.39 is 6.10 Å². The highest BCUT2D eigenvalue weighted by atomic mass is 32.2. The average Bonchev–Trinajstić information content (AvgIpc) is 3.13. The number of benzene rings is 2. The Balaban J connectivity index is 1.44. The fourth-order valence-electron chi connectivity index (χ4n) is 2.19. The molecule has 0 radical (unpaired) electrons. The number of nitrogens with one attached hydrogen (secondary N) is 1. The second-order valence-electron chi connectivity index (χ2n) is 5.64. The van der Waals surface area contributed by atoms with Gasteiger partial charge < -0.3 is 15.2 Å². The second-order valence-corrected chi connectivity index (χ2v) is 7.88. The Morgan fingerprint density at radius 1 is 1.12 bits per heavy atom. The molecule has 0 aliphatic rings. The Morgan fingerprint density at radius 3 is 2.62 bits per heavy atom. The van der Waals surface area contributed by atoms with Crippen LogP contribution in [-0.4, -0.2) is 33.8 Å². The maximum Gasteiger partial charge on any atom is 0.210 e. The van der Waals surface area contributed by atoms with Crippen LogP contribution in [0.3, 0.4) is 0 Å². The van der Waals surface area contributed by atoms with E-state index in [4.69, 9.17) is 4.74 Å². The standard InChI is InChI=1S/C19H21N3O2S2/c1-2-14-8-10-15(11-9-14)20-18-21-22-19(26-18)25-13-16(23)12-24-17-6-4-3-5-7-17/h3-11,16,23H,2,12-13H2,1H3,(H,20,21)/t16-/m0/s1. The summed E-state index contributed by atoms with van der Waals surface area (Å²) in [7, 11) is 0. The van der Waals surface area contributed by atoms with Crippen molar-refractivity contribution in [3.8, 4) is 5.75 Å². The zero-order valence-electron chi connectivity index (χ0n) is 14.5. The molecular weight excluding hydrogens is 366 g/mol. The van der Waals surface area contributed by atoms with Gasteiger partial charge in [0.25, 0.3) is 0 Å². The zero-order chi connectivity index (χ0) is 18.2. The summed E-state index contributed by atoms with van der Waals surface area (Å²) < 4.78 is 6.37. The van der Waals surface area contributed by atoms with E-state index in [0.29, 0.717) is 5.75 Å². The molecule has 0 fully saturated rings. The van der Waals surface area contributed by atoms with Gasteiger partial charge in [-0.1, -0.05) is 60.4 Å². The molecule has 1 aromatic heterocycles. The van der Waals surface area contributed by atoms with Gasteiger partial charge in [0.05, 0.1) is 6.10 Å². The Morgan fingerprint density at radius 2 is 1.88 bits per heavy atom. The van der Waals surface area contributed by atoms with Crippen molar-refractivity contribution >= 4 is 33.9 Å². The number of para-hydroxylation sites is 1. The second kappa shape index (κ2) is 9.56. The van der Waals surface area contributed by atoms with Gasteiger partial charge in [0.1, 0.15) is 12.4 Å². The third-order valence-electron chi connectivity index (χ3n) is 3.60. The van der Waals surface area contributed by atoms with Crippen LogP contribution < -0.4 is 10.1 Å². The van der Waals surface area contributed by atoms with E-state index in [9.17, 15) is 5.11 Å². The first-order chi connectivity index (χ1) is 12.7. The molecule has 2 N–H and O–H groups in total. The minimum Gasteiger partial charge on any atom is -0.491 e. The van der Waals surface area contributed by atoms with Crippen molar-refractivity contribution in [2.24, 2.45) is 0 Å². The summed E-state index contributed by atoms with van der Waals surface area (Å²) in [4.78, 5) is 0. The first kappa shape index (κ1) is 18.7. The molecule has 136 valence electrons. The number of aliphatic hydroxyl groups excluding tert-OH is 1. The molecule has 0 saturated heterocycles. The SMILES string of the molecule is CCc1ccc(Nc2nnc(SC[C@@H](O)COc3ccccc3)s2)cc1. The van der Waals surface area contributed by atoms with E-state index in [0.717, 1.165) is 27.3 Å². The molecule has 5 nitrogen and oxygen atoms in total. The molecule has 0 saturated carbocycles. The monoisotopic (exact) mass is 387 g/mol. The van der Waals surface area contributed by atoms with E-state index in [1.165, 1.54) is 28.7 Å². The van der Waals surface area contributed by atoms with Gasteiger partial charge >= 0.3 is 0 Å². The van der Waals surface area contributed by atoms with Gasteiger partial charge in [0.2, 0.25) is 5.13 Å². The summed E-state index contributed by atoms with van der Waals surface area (Å²) in [5, 5.41) is 22.4. The van der Waals surface area contributed by atoms with Crippen LogP contribution in [0.2, 0.25) is 0 Å². The molecular formula is C19H21N3O2S2. The largest absolute Gasteiger partial charge is 0.491 e. The molecule has 0 aliphatic carbocycles. The molecule has 0 spiro atoms. The lowest BCUT2D eigenvalue weighted by Crippen LogP contribution is -2.19. The molecule has 0 aliphatic heterocycles. The molecule has 0 amide bonds. The highest BCUT2D eigenvalue weighted by molar-refractivity contribution is 8.01. The first-order valence-electron chi connectivity index (χ1n) is 8.41. The first-order valence-corrected chi connectivity index (χ1v) is 10.2. The van der Waals surface area contributed by atoms with E-state index in [1.807, 2.05) is 42.5 Å². The number of ether oxygens (including phenoxy) is 1. The van der Waals surface area contributed by atoms with Gasteiger partial charge in [-0.25, -0.2) is 0 Å². The Bertz CT molecular complexity index is 794. The number of hydrogen-bond donors (Lipinski definition) is 2. The zero-order valence-corrected chi connectivity index (χ0v) is 16.1. The van der Waals surface area contributed by atoms with Gasteiger partial charge in [-0.3, -0.25) is 0 Å². The normalized spacial score (nSPS) is 11.9. The number of thioether (sulfide) groups is 1. The Labute approximate surface area is 161 Å². The third kappa shape index (κ3) is 5.72. The smallest absolute Gasteiger partial charge is 0.210 e. The molecule has 3 aromatic rings. The van der Waals surface area contributed by atoms with Crippen LogP contribution >= 0.6 is 23.1 Å². The minimum atomic E-state index is -0.567. The number of nitrogens with zero attached hydrogens (tertiary/aromatic N) is 2. The summed E-state index contributed by atoms with van der Waals surface area (Å²) in [5.41, 5.74) is 2.29. The van der Waals surface area contributed by atoms with E-state index in [-0.39, 0.29) is 6.61 Å². The maximum atomic E-state index is 10.1. The van der Waals surface area contributed by atoms with Gasteiger partial charge in [0.15, 0.2) is 4.34 Å². The molecule has 0 unspecified atom stereocenters. The van der Waals surface area contributed by atoms with E-state index in [2.05, 4.69) is 34.6 Å². The van der Waals surface area contributed by atoms with Crippen LogP contribution in [0.15, 0.2) is 58.9 Å². The quantitative estimate of drug-likeness (QED) is 0.531. The lowest BCUT2D eigenvalue weighted by Gasteiger charge is -2.10. The van der Waals surface area contributed by atoms with Crippen molar-refractivity contribution in [2.45, 2.75) is 23.8 Å². The summed E-state index contributed by atoms with van der Waals surface area (Å²) >= 11 is 2.95. The molecule has 3 rings (SSSR count). The topological polar surface area (TPSA) is 67.3 Å². The van der Waals surface area contributed by atoms with Crippen LogP contribution in [0.25, 0.3) is 0 Å². The number of hydrogen-bond acceptors (Lipinski definition) is 7. The molecule has 2 aromatic carbocycles. The van der Waals surface area contributed by atoms with Crippen LogP contribution in [0.1, 0.15) is 12.5 Å². The Hall–Kier alpha value is -2.09. The van der Waals surface area contributed by atoms with Crippen molar-refractivity contribution in [2.75, 3.05) is 17.7 Å². The maximum absolute atomic E-state index is 10.1. The summed E-state index contributed by atoms with van der Waals surface area (Å²) in [6, 6.07) is 17.8. The predicted octanol–water partition coefficient (Wildman–Crippen LogP) is 4.38. The number of aryl methyl sites for hydroxylation is 1. The summed E-state index contributed by atoms with van der Waals surface area (Å²) in [6.45, 7) is 2.39. The van der Waals surface area contributed by atoms with Gasteiger partial charge in [-0.2, -0.15) is 0 Å². The third-order valence-corrected chi connectivity index (χ3v) is 5.72. The van der Waals surface area contributed by atoms with Crippen molar-refractivity contribution in [3.05, 3.63) is 60.2 Å². The average molecular weight is 388 g/mol. The fraction of sp³-hybridized carbons (Fsp3) is 0.263. The number of aromatic nitrogens is 2. The Kier molecular flexibility index (Phi) is 6.88. The summed E-state index contributed by atoms with van der Waals surface area (Å²) in [6.07, 6.45) is 0.457. The van der Waals surface area contributed by atoms with E-state index >= 15 is 0 Å². The lowest BCUT2D eigenvalue weighted by molar-refractivity contribution is 0.126. The molecule has 0 bridgehead atoms. The van der Waals surface area contributed by atoms with Crippen molar-refractivity contribution < 1.29 is 9.84 Å². The van der Waals surface area contributed by atoms with Gasteiger partial charge in [0, 0.05) is 11.4 Å². The molecule has 26 heavy (non-hydrogen) atoms.